The predicted octanol–water partition coefficient (Wildman–Crippen LogP) is 4.77. The summed E-state index contributed by atoms with van der Waals surface area (Å²) in [6, 6.07) is 8.32. The van der Waals surface area contributed by atoms with Gasteiger partial charge in [0.2, 0.25) is 0 Å². The predicted molar refractivity (Wildman–Crippen MR) is 125 cm³/mol. The first-order chi connectivity index (χ1) is 17.5. The molecule has 0 bridgehead atoms. The Morgan fingerprint density at radius 1 is 1.22 bits per heavy atom. The van der Waals surface area contributed by atoms with Gasteiger partial charge in [-0.1, -0.05) is 40.9 Å². The van der Waals surface area contributed by atoms with Crippen LogP contribution in [-0.2, 0) is 9.53 Å². The highest BCUT2D eigenvalue weighted by atomic mass is 35.5. The van der Waals surface area contributed by atoms with Crippen molar-refractivity contribution in [2.45, 2.75) is 49.6 Å². The van der Waals surface area contributed by atoms with Gasteiger partial charge in [-0.3, -0.25) is 4.79 Å². The van der Waals surface area contributed by atoms with Crippen molar-refractivity contribution in [3.05, 3.63) is 69.8 Å². The van der Waals surface area contributed by atoms with Crippen LogP contribution in [-0.4, -0.2) is 59.7 Å². The lowest BCUT2D eigenvalue weighted by molar-refractivity contribution is -0.617. The standard InChI is InChI=1S/C24H23ClF4N4O4/c1-37-23(35)31-13-15(27)10-20(31)33(36)32(17-6-4-5-14(26)9-17)21(18-7-2-3-8-19(18)25)22(34)30-16-11-24(28,29)12-16/h2-9,15-16,20-21H,10-13H2,1H3/p+1/t15-,20-,21+/m1/s1. The summed E-state index contributed by atoms with van der Waals surface area (Å²) in [5.41, 5.74) is -0.00147. The van der Waals surface area contributed by atoms with Gasteiger partial charge < -0.3 is 10.1 Å². The Morgan fingerprint density at radius 3 is 2.54 bits per heavy atom. The van der Waals surface area contributed by atoms with Gasteiger partial charge in [0.15, 0.2) is 6.04 Å². The topological polar surface area (TPSA) is 82.0 Å². The van der Waals surface area contributed by atoms with Gasteiger partial charge in [-0.25, -0.2) is 27.3 Å². The number of hydrogen-bond acceptors (Lipinski definition) is 4. The van der Waals surface area contributed by atoms with Gasteiger partial charge in [-0.2, -0.15) is 0 Å². The molecule has 4 rings (SSSR count). The average Bonchev–Trinajstić information content (AvgIpc) is 3.22. The summed E-state index contributed by atoms with van der Waals surface area (Å²) >= 11 is 6.38. The zero-order valence-electron chi connectivity index (χ0n) is 19.6. The second-order valence-electron chi connectivity index (χ2n) is 8.96. The maximum atomic E-state index is 14.4. The molecule has 0 radical (unpaired) electrons. The average molecular weight is 544 g/mol. The van der Waals surface area contributed by atoms with E-state index in [-0.39, 0.29) is 21.1 Å². The van der Waals surface area contributed by atoms with Gasteiger partial charge in [-0.05, 0) is 18.2 Å². The molecule has 198 valence electrons. The Balaban J connectivity index is 1.80. The molecule has 1 aliphatic heterocycles. The minimum absolute atomic E-state index is 0.0657. The van der Waals surface area contributed by atoms with Gasteiger partial charge in [0, 0.05) is 35.5 Å². The molecule has 0 unspecified atom stereocenters. The van der Waals surface area contributed by atoms with Crippen molar-refractivity contribution in [3.8, 4) is 0 Å². The van der Waals surface area contributed by atoms with E-state index in [4.69, 9.17) is 11.6 Å². The van der Waals surface area contributed by atoms with Crippen LogP contribution < -0.4 is 10.3 Å². The number of nitrogens with one attached hydrogen (secondary N) is 1. The van der Waals surface area contributed by atoms with Crippen molar-refractivity contribution >= 4 is 29.3 Å². The molecule has 0 spiro atoms. The first-order valence-electron chi connectivity index (χ1n) is 11.4. The van der Waals surface area contributed by atoms with Crippen molar-refractivity contribution in [3.63, 3.8) is 0 Å². The van der Waals surface area contributed by atoms with Gasteiger partial charge in [-0.15, -0.1) is 0 Å². The van der Waals surface area contributed by atoms with Crippen LogP contribution in [0.2, 0.25) is 5.02 Å². The first-order valence-corrected chi connectivity index (χ1v) is 11.8. The molecule has 8 nitrogen and oxygen atoms in total. The number of anilines is 1. The van der Waals surface area contributed by atoms with Gasteiger partial charge in [0.1, 0.15) is 22.5 Å². The number of amides is 2. The number of hydrogen-bond donors (Lipinski definition) is 1. The highest BCUT2D eigenvalue weighted by Crippen LogP contribution is 2.39. The van der Waals surface area contributed by atoms with Crippen LogP contribution >= 0.6 is 11.6 Å². The smallest absolute Gasteiger partial charge is 0.414 e. The Hall–Kier alpha value is -3.41. The third-order valence-electron chi connectivity index (χ3n) is 6.30. The van der Waals surface area contributed by atoms with Crippen molar-refractivity contribution in [2.75, 3.05) is 18.7 Å². The van der Waals surface area contributed by atoms with E-state index in [1.807, 2.05) is 0 Å². The van der Waals surface area contributed by atoms with Crippen LogP contribution in [0.15, 0.2) is 48.5 Å². The van der Waals surface area contributed by atoms with Crippen molar-refractivity contribution < 1.29 is 36.8 Å². The summed E-state index contributed by atoms with van der Waals surface area (Å²) in [4.78, 5) is 40.8. The SMILES string of the molecule is COC(=O)N1C[C@H](F)C[C@H]1[N+](=O)N(c1cccc(F)c1)[C@H](C(=O)NC1CC(F)(F)C1)c1ccccc1Cl. The molecule has 1 saturated heterocycles. The minimum atomic E-state index is -2.92. The molecule has 37 heavy (non-hydrogen) atoms. The van der Waals surface area contributed by atoms with Crippen LogP contribution in [0.3, 0.4) is 0 Å². The Labute approximate surface area is 214 Å². The van der Waals surface area contributed by atoms with E-state index in [0.29, 0.717) is 0 Å². The maximum Gasteiger partial charge on any atom is 0.414 e. The second kappa shape index (κ2) is 10.5. The zero-order chi connectivity index (χ0) is 26.9. The fraction of sp³-hybridized carbons (Fsp3) is 0.417. The third-order valence-corrected chi connectivity index (χ3v) is 6.64. The lowest BCUT2D eigenvalue weighted by Crippen LogP contribution is -2.56. The lowest BCUT2D eigenvalue weighted by Gasteiger charge is -2.37. The number of alkyl halides is 3. The minimum Gasteiger partial charge on any atom is -0.453 e. The number of ether oxygens (including phenoxy) is 1. The molecule has 2 aromatic carbocycles. The summed E-state index contributed by atoms with van der Waals surface area (Å²) < 4.78 is 60.3. The molecule has 0 aromatic heterocycles. The highest BCUT2D eigenvalue weighted by molar-refractivity contribution is 6.31. The monoisotopic (exact) mass is 543 g/mol. The maximum absolute atomic E-state index is 14.4. The zero-order valence-corrected chi connectivity index (χ0v) is 20.4. The third kappa shape index (κ3) is 5.63. The number of likely N-dealkylation sites (tertiary alicyclic amines) is 1. The molecule has 3 atom stereocenters. The van der Waals surface area contributed by atoms with E-state index >= 15 is 0 Å². The summed E-state index contributed by atoms with van der Waals surface area (Å²) in [5, 5.41) is 3.41. The quantitative estimate of drug-likeness (QED) is 0.309. The van der Waals surface area contributed by atoms with Crippen molar-refractivity contribution in [2.24, 2.45) is 0 Å². The number of nitrogens with zero attached hydrogens (tertiary/aromatic N) is 3. The molecule has 1 aliphatic carbocycles. The van der Waals surface area contributed by atoms with E-state index in [9.17, 15) is 32.1 Å². The lowest BCUT2D eigenvalue weighted by atomic mass is 9.88. The number of hydrazine groups is 1. The van der Waals surface area contributed by atoms with Crippen LogP contribution in [0.1, 0.15) is 30.9 Å². The number of halogens is 5. The van der Waals surface area contributed by atoms with E-state index in [1.54, 1.807) is 12.1 Å². The van der Waals surface area contributed by atoms with Crippen LogP contribution in [0, 0.1) is 10.7 Å². The molecule has 2 fully saturated rings. The largest absolute Gasteiger partial charge is 0.453 e. The normalized spacial score (nSPS) is 21.6. The number of rotatable bonds is 7. The van der Waals surface area contributed by atoms with E-state index < -0.39 is 74.0 Å². The highest BCUT2D eigenvalue weighted by Gasteiger charge is 2.53. The summed E-state index contributed by atoms with van der Waals surface area (Å²) in [7, 11) is 1.07. The number of nitroso groups, excluding NO2 is 1. The van der Waals surface area contributed by atoms with E-state index in [0.717, 1.165) is 29.2 Å². The Morgan fingerprint density at radius 2 is 1.92 bits per heavy atom. The second-order valence-corrected chi connectivity index (χ2v) is 9.36. The molecule has 1 N–H and O–H groups in total. The molecule has 13 heteroatoms. The number of carbonyl (C=O) groups excluding carboxylic acids is 2. The molecular formula is C24H24ClF4N4O4+. The Kier molecular flexibility index (Phi) is 7.58. The fourth-order valence-electron chi connectivity index (χ4n) is 4.55. The van der Waals surface area contributed by atoms with Crippen LogP contribution in [0.25, 0.3) is 0 Å². The number of methoxy groups -OCH3 is 1. The summed E-state index contributed by atoms with van der Waals surface area (Å²) in [6.45, 7) is -0.437. The molecule has 1 heterocycles. The number of benzene rings is 2. The molecular weight excluding hydrogens is 520 g/mol. The molecule has 2 amide bonds. The van der Waals surface area contributed by atoms with E-state index in [2.05, 4.69) is 10.1 Å². The van der Waals surface area contributed by atoms with Gasteiger partial charge in [0.05, 0.1) is 25.0 Å². The van der Waals surface area contributed by atoms with Gasteiger partial charge >= 0.3 is 12.3 Å². The Bertz CT molecular complexity index is 1190. The van der Waals surface area contributed by atoms with E-state index in [1.165, 1.54) is 24.3 Å². The van der Waals surface area contributed by atoms with Crippen molar-refractivity contribution in [1.29, 1.82) is 0 Å². The summed E-state index contributed by atoms with van der Waals surface area (Å²) in [5.74, 6) is -4.53. The molecule has 2 aliphatic rings. The fourth-order valence-corrected chi connectivity index (χ4v) is 4.79. The number of carbonyl (C=O) groups is 2. The first kappa shape index (κ1) is 26.6. The molecule has 1 saturated carbocycles. The molecule has 2 aromatic rings. The van der Waals surface area contributed by atoms with Crippen molar-refractivity contribution in [1.82, 2.24) is 10.2 Å². The summed E-state index contributed by atoms with van der Waals surface area (Å²) in [6.07, 6.45) is -5.60. The van der Waals surface area contributed by atoms with Crippen LogP contribution in [0.4, 0.5) is 28.0 Å². The van der Waals surface area contributed by atoms with Gasteiger partial charge in [0.25, 0.3) is 11.8 Å². The van der Waals surface area contributed by atoms with Crippen LogP contribution in [0.5, 0.6) is 0 Å².